The number of nitrogens with one attached hydrogen (secondary N) is 1. The molecule has 126 valence electrons. The Hall–Kier alpha value is -2.20. The van der Waals surface area contributed by atoms with Gasteiger partial charge in [-0.05, 0) is 42.5 Å². The first-order valence-corrected chi connectivity index (χ1v) is 8.33. The summed E-state index contributed by atoms with van der Waals surface area (Å²) in [6, 6.07) is 14.6. The summed E-state index contributed by atoms with van der Waals surface area (Å²) in [5, 5.41) is 12.1. The first-order valence-electron chi connectivity index (χ1n) is 8.33. The molecule has 0 saturated heterocycles. The molecule has 4 heteroatoms. The molecule has 0 spiro atoms. The van der Waals surface area contributed by atoms with Crippen molar-refractivity contribution < 1.29 is 14.3 Å². The standard InChI is InChI=1S/C20H22FNO2/c21-18-8-7-16(11-17(18)14-23)13-22-19(24)20(9-4-10-20)12-15-5-2-1-3-6-15/h1-3,5-8,11,23H,4,9-10,12-14H2,(H,22,24). The summed E-state index contributed by atoms with van der Waals surface area (Å²) in [4.78, 5) is 12.7. The maximum atomic E-state index is 13.4. The maximum Gasteiger partial charge on any atom is 0.226 e. The SMILES string of the molecule is O=C(NCc1ccc(F)c(CO)c1)C1(Cc2ccccc2)CCC1. The number of carbonyl (C=O) groups excluding carboxylic acids is 1. The lowest BCUT2D eigenvalue weighted by atomic mass is 9.64. The number of benzene rings is 2. The second-order valence-electron chi connectivity index (χ2n) is 6.56. The number of carbonyl (C=O) groups is 1. The summed E-state index contributed by atoms with van der Waals surface area (Å²) in [7, 11) is 0. The van der Waals surface area contributed by atoms with E-state index in [-0.39, 0.29) is 23.5 Å². The van der Waals surface area contributed by atoms with Gasteiger partial charge in [0.25, 0.3) is 0 Å². The maximum absolute atomic E-state index is 13.4. The molecule has 0 bridgehead atoms. The highest BCUT2D eigenvalue weighted by Crippen LogP contribution is 2.44. The third-order valence-electron chi connectivity index (χ3n) is 4.91. The van der Waals surface area contributed by atoms with Crippen LogP contribution in [0.5, 0.6) is 0 Å². The number of amides is 1. The molecule has 2 N–H and O–H groups in total. The molecule has 0 radical (unpaired) electrons. The van der Waals surface area contributed by atoms with Gasteiger partial charge in [0.1, 0.15) is 5.82 Å². The molecule has 1 aliphatic rings. The smallest absolute Gasteiger partial charge is 0.226 e. The van der Waals surface area contributed by atoms with Crippen LogP contribution in [-0.4, -0.2) is 11.0 Å². The van der Waals surface area contributed by atoms with Crippen LogP contribution in [0.15, 0.2) is 48.5 Å². The predicted octanol–water partition coefficient (Wildman–Crippen LogP) is 3.35. The highest BCUT2D eigenvalue weighted by molar-refractivity contribution is 5.83. The average Bonchev–Trinajstić information content (AvgIpc) is 2.58. The number of rotatable bonds is 6. The zero-order valence-electron chi connectivity index (χ0n) is 13.6. The molecule has 0 unspecified atom stereocenters. The Kier molecular flexibility index (Phi) is 4.95. The van der Waals surface area contributed by atoms with Gasteiger partial charge in [0, 0.05) is 12.1 Å². The van der Waals surface area contributed by atoms with Crippen LogP contribution in [0, 0.1) is 11.2 Å². The van der Waals surface area contributed by atoms with Crippen molar-refractivity contribution in [2.75, 3.05) is 0 Å². The molecule has 3 nitrogen and oxygen atoms in total. The van der Waals surface area contributed by atoms with Gasteiger partial charge in [-0.1, -0.05) is 42.8 Å². The van der Waals surface area contributed by atoms with Gasteiger partial charge in [0.2, 0.25) is 5.91 Å². The van der Waals surface area contributed by atoms with Gasteiger partial charge in [-0.25, -0.2) is 4.39 Å². The molecule has 0 heterocycles. The van der Waals surface area contributed by atoms with E-state index < -0.39 is 5.82 Å². The lowest BCUT2D eigenvalue weighted by molar-refractivity contribution is -0.136. The second-order valence-corrected chi connectivity index (χ2v) is 6.56. The van der Waals surface area contributed by atoms with E-state index in [1.54, 1.807) is 12.1 Å². The Morgan fingerprint density at radius 2 is 1.88 bits per heavy atom. The van der Waals surface area contributed by atoms with Crippen molar-refractivity contribution in [3.8, 4) is 0 Å². The predicted molar refractivity (Wildman–Crippen MR) is 90.6 cm³/mol. The van der Waals surface area contributed by atoms with Crippen LogP contribution in [-0.2, 0) is 24.4 Å². The van der Waals surface area contributed by atoms with E-state index in [0.29, 0.717) is 6.54 Å². The zero-order valence-corrected chi connectivity index (χ0v) is 13.6. The molecule has 0 aliphatic heterocycles. The van der Waals surface area contributed by atoms with Gasteiger partial charge in [0.05, 0.1) is 12.0 Å². The lowest BCUT2D eigenvalue weighted by Crippen LogP contribution is -2.46. The Morgan fingerprint density at radius 3 is 2.50 bits per heavy atom. The average molecular weight is 327 g/mol. The normalized spacial score (nSPS) is 15.6. The summed E-state index contributed by atoms with van der Waals surface area (Å²) in [6.45, 7) is 0.00815. The number of aliphatic hydroxyl groups is 1. The summed E-state index contributed by atoms with van der Waals surface area (Å²) in [5.41, 5.74) is 1.91. The van der Waals surface area contributed by atoms with Crippen molar-refractivity contribution in [2.24, 2.45) is 5.41 Å². The van der Waals surface area contributed by atoms with Crippen LogP contribution in [0.4, 0.5) is 4.39 Å². The Morgan fingerprint density at radius 1 is 1.12 bits per heavy atom. The quantitative estimate of drug-likeness (QED) is 0.855. The molecule has 1 saturated carbocycles. The van der Waals surface area contributed by atoms with E-state index in [2.05, 4.69) is 17.4 Å². The molecular formula is C20H22FNO2. The van der Waals surface area contributed by atoms with Crippen molar-refractivity contribution in [3.05, 3.63) is 71.0 Å². The van der Waals surface area contributed by atoms with Gasteiger partial charge in [-0.15, -0.1) is 0 Å². The van der Waals surface area contributed by atoms with E-state index in [9.17, 15) is 9.18 Å². The highest BCUT2D eigenvalue weighted by atomic mass is 19.1. The van der Waals surface area contributed by atoms with Crippen LogP contribution in [0.3, 0.4) is 0 Å². The summed E-state index contributed by atoms with van der Waals surface area (Å²) < 4.78 is 13.4. The summed E-state index contributed by atoms with van der Waals surface area (Å²) >= 11 is 0. The molecule has 2 aromatic rings. The van der Waals surface area contributed by atoms with Crippen molar-refractivity contribution in [2.45, 2.75) is 38.8 Å². The minimum absolute atomic E-state index is 0.0625. The van der Waals surface area contributed by atoms with Crippen LogP contribution in [0.25, 0.3) is 0 Å². The van der Waals surface area contributed by atoms with Crippen molar-refractivity contribution in [1.82, 2.24) is 5.32 Å². The molecule has 1 amide bonds. The minimum atomic E-state index is -0.424. The molecule has 1 fully saturated rings. The van der Waals surface area contributed by atoms with E-state index in [0.717, 1.165) is 31.2 Å². The zero-order chi connectivity index (χ0) is 17.0. The summed E-state index contributed by atoms with van der Waals surface area (Å²) in [5.74, 6) is -0.361. The lowest BCUT2D eigenvalue weighted by Gasteiger charge is -2.40. The first-order chi connectivity index (χ1) is 11.6. The van der Waals surface area contributed by atoms with E-state index in [1.807, 2.05) is 18.2 Å². The highest BCUT2D eigenvalue weighted by Gasteiger charge is 2.43. The number of halogens is 1. The van der Waals surface area contributed by atoms with Crippen molar-refractivity contribution in [3.63, 3.8) is 0 Å². The van der Waals surface area contributed by atoms with Gasteiger partial charge in [-0.2, -0.15) is 0 Å². The van der Waals surface area contributed by atoms with Crippen molar-refractivity contribution >= 4 is 5.91 Å². The molecule has 24 heavy (non-hydrogen) atoms. The van der Waals surface area contributed by atoms with E-state index in [4.69, 9.17) is 5.11 Å². The van der Waals surface area contributed by atoms with Gasteiger partial charge in [-0.3, -0.25) is 4.79 Å². The molecule has 0 aromatic heterocycles. The Labute approximate surface area is 141 Å². The van der Waals surface area contributed by atoms with Gasteiger partial charge < -0.3 is 10.4 Å². The monoisotopic (exact) mass is 327 g/mol. The molecule has 2 aromatic carbocycles. The fourth-order valence-electron chi connectivity index (χ4n) is 3.30. The molecule has 0 atom stereocenters. The number of hydrogen-bond acceptors (Lipinski definition) is 2. The fraction of sp³-hybridized carbons (Fsp3) is 0.350. The van der Waals surface area contributed by atoms with Gasteiger partial charge >= 0.3 is 0 Å². The second kappa shape index (κ2) is 7.14. The van der Waals surface area contributed by atoms with Crippen LogP contribution < -0.4 is 5.32 Å². The van der Waals surface area contributed by atoms with Crippen molar-refractivity contribution in [1.29, 1.82) is 0 Å². The van der Waals surface area contributed by atoms with Gasteiger partial charge in [0.15, 0.2) is 0 Å². The molecular weight excluding hydrogens is 305 g/mol. The molecule has 3 rings (SSSR count). The largest absolute Gasteiger partial charge is 0.392 e. The van der Waals surface area contributed by atoms with Crippen LogP contribution >= 0.6 is 0 Å². The Bertz CT molecular complexity index is 711. The van der Waals surface area contributed by atoms with Crippen LogP contribution in [0.2, 0.25) is 0 Å². The number of hydrogen-bond donors (Lipinski definition) is 2. The topological polar surface area (TPSA) is 49.3 Å². The minimum Gasteiger partial charge on any atom is -0.392 e. The fourth-order valence-corrected chi connectivity index (χ4v) is 3.30. The Balaban J connectivity index is 1.65. The van der Waals surface area contributed by atoms with E-state index >= 15 is 0 Å². The van der Waals surface area contributed by atoms with E-state index in [1.165, 1.54) is 11.6 Å². The summed E-state index contributed by atoms with van der Waals surface area (Å²) in [6.07, 6.45) is 3.63. The third kappa shape index (κ3) is 3.49. The molecule has 1 aliphatic carbocycles. The number of aliphatic hydroxyl groups excluding tert-OH is 1. The van der Waals surface area contributed by atoms with Crippen LogP contribution in [0.1, 0.15) is 36.0 Å². The first kappa shape index (κ1) is 16.7. The third-order valence-corrected chi connectivity index (χ3v) is 4.91.